The highest BCUT2D eigenvalue weighted by molar-refractivity contribution is 9.10. The van der Waals surface area contributed by atoms with E-state index in [9.17, 15) is 4.79 Å². The lowest BCUT2D eigenvalue weighted by molar-refractivity contribution is -0.145. The molecular formula is C25H27BrN2O3S. The number of aromatic nitrogens is 1. The quantitative estimate of drug-likeness (QED) is 0.363. The summed E-state index contributed by atoms with van der Waals surface area (Å²) in [5, 5.41) is 6.42. The monoisotopic (exact) mass is 514 g/mol. The van der Waals surface area contributed by atoms with Crippen LogP contribution in [0.3, 0.4) is 0 Å². The second-order valence-electron chi connectivity index (χ2n) is 8.27. The molecule has 2 atom stereocenters. The number of methoxy groups -OCH3 is 1. The summed E-state index contributed by atoms with van der Waals surface area (Å²) < 4.78 is 12.2. The largest absolute Gasteiger partial charge is 0.488 e. The van der Waals surface area contributed by atoms with Gasteiger partial charge in [0.2, 0.25) is 0 Å². The predicted octanol–water partition coefficient (Wildman–Crippen LogP) is 6.52. The number of thiazole rings is 1. The summed E-state index contributed by atoms with van der Waals surface area (Å²) in [4.78, 5) is 16.6. The van der Waals surface area contributed by atoms with Crippen molar-refractivity contribution in [1.29, 1.82) is 0 Å². The average molecular weight is 515 g/mol. The van der Waals surface area contributed by atoms with Gasteiger partial charge in [-0.3, -0.25) is 4.79 Å². The van der Waals surface area contributed by atoms with E-state index < -0.39 is 0 Å². The number of hydrogen-bond acceptors (Lipinski definition) is 6. The van der Waals surface area contributed by atoms with Crippen molar-refractivity contribution < 1.29 is 14.3 Å². The van der Waals surface area contributed by atoms with E-state index in [-0.39, 0.29) is 17.9 Å². The fourth-order valence-electron chi connectivity index (χ4n) is 4.08. The number of aryl methyl sites for hydroxylation is 2. The van der Waals surface area contributed by atoms with Gasteiger partial charge in [0.15, 0.2) is 5.13 Å². The molecule has 0 aliphatic heterocycles. The average Bonchev–Trinajstić information content (AvgIpc) is 3.43. The Hall–Kier alpha value is -2.38. The third kappa shape index (κ3) is 5.33. The first-order chi connectivity index (χ1) is 15.4. The number of esters is 1. The summed E-state index contributed by atoms with van der Waals surface area (Å²) in [7, 11) is 1.45. The Kier molecular flexibility index (Phi) is 7.16. The zero-order valence-corrected chi connectivity index (χ0v) is 20.9. The third-order valence-corrected chi connectivity index (χ3v) is 7.16. The van der Waals surface area contributed by atoms with E-state index in [2.05, 4.69) is 64.7 Å². The van der Waals surface area contributed by atoms with E-state index in [1.165, 1.54) is 12.7 Å². The smallest absolute Gasteiger partial charge is 0.308 e. The second kappa shape index (κ2) is 10.0. The first-order valence-electron chi connectivity index (χ1n) is 10.7. The Morgan fingerprint density at radius 1 is 1.22 bits per heavy atom. The Morgan fingerprint density at radius 3 is 2.84 bits per heavy atom. The molecule has 7 heteroatoms. The van der Waals surface area contributed by atoms with Crippen molar-refractivity contribution in [3.63, 3.8) is 0 Å². The maximum absolute atomic E-state index is 11.8. The molecule has 0 saturated heterocycles. The van der Waals surface area contributed by atoms with Crippen LogP contribution in [0.1, 0.15) is 36.0 Å². The van der Waals surface area contributed by atoms with Crippen LogP contribution in [0.5, 0.6) is 5.75 Å². The Bertz CT molecular complexity index is 1110. The lowest BCUT2D eigenvalue weighted by Gasteiger charge is -2.13. The number of carbonyl (C=O) groups is 1. The molecule has 4 rings (SSSR count). The SMILES string of the molecule is COC(=O)C1CCC(Nc2nc(-c3cc(C)ccc3OCc3ccc(Br)cc3C)cs2)C1. The first-order valence-corrected chi connectivity index (χ1v) is 12.4. The summed E-state index contributed by atoms with van der Waals surface area (Å²) in [5.41, 5.74) is 5.39. The molecule has 5 nitrogen and oxygen atoms in total. The maximum atomic E-state index is 11.8. The van der Waals surface area contributed by atoms with Gasteiger partial charge < -0.3 is 14.8 Å². The number of hydrogen-bond donors (Lipinski definition) is 1. The lowest BCUT2D eigenvalue weighted by atomic mass is 10.1. The zero-order chi connectivity index (χ0) is 22.7. The molecule has 1 aromatic heterocycles. The summed E-state index contributed by atoms with van der Waals surface area (Å²) in [6.07, 6.45) is 2.58. The van der Waals surface area contributed by atoms with Crippen molar-refractivity contribution in [2.24, 2.45) is 5.92 Å². The van der Waals surface area contributed by atoms with Crippen molar-refractivity contribution in [2.75, 3.05) is 12.4 Å². The minimum Gasteiger partial charge on any atom is -0.488 e. The van der Waals surface area contributed by atoms with Gasteiger partial charge in [0.25, 0.3) is 0 Å². The van der Waals surface area contributed by atoms with E-state index in [0.29, 0.717) is 6.61 Å². The summed E-state index contributed by atoms with van der Waals surface area (Å²) in [6, 6.07) is 12.7. The molecule has 1 saturated carbocycles. The van der Waals surface area contributed by atoms with E-state index in [0.717, 1.165) is 57.0 Å². The van der Waals surface area contributed by atoms with Crippen LogP contribution in [-0.2, 0) is 16.1 Å². The van der Waals surface area contributed by atoms with Crippen molar-refractivity contribution in [1.82, 2.24) is 4.98 Å². The molecule has 1 aliphatic carbocycles. The van der Waals surface area contributed by atoms with E-state index in [1.807, 2.05) is 12.1 Å². The number of benzene rings is 2. The van der Waals surface area contributed by atoms with E-state index >= 15 is 0 Å². The highest BCUT2D eigenvalue weighted by Gasteiger charge is 2.31. The Morgan fingerprint density at radius 2 is 2.06 bits per heavy atom. The molecule has 2 aromatic carbocycles. The number of halogens is 1. The summed E-state index contributed by atoms with van der Waals surface area (Å²) in [6.45, 7) is 4.66. The minimum atomic E-state index is -0.114. The fourth-order valence-corrected chi connectivity index (χ4v) is 5.34. The Balaban J connectivity index is 1.47. The molecule has 0 radical (unpaired) electrons. The van der Waals surface area contributed by atoms with Crippen molar-refractivity contribution >= 4 is 38.4 Å². The minimum absolute atomic E-state index is 0.0178. The molecule has 32 heavy (non-hydrogen) atoms. The van der Waals surface area contributed by atoms with Crippen LogP contribution in [0.2, 0.25) is 0 Å². The molecule has 3 aromatic rings. The number of nitrogens with zero attached hydrogens (tertiary/aromatic N) is 1. The molecule has 1 N–H and O–H groups in total. The van der Waals surface area contributed by atoms with Crippen LogP contribution >= 0.6 is 27.3 Å². The van der Waals surface area contributed by atoms with Crippen molar-refractivity contribution in [3.8, 4) is 17.0 Å². The van der Waals surface area contributed by atoms with Crippen LogP contribution in [-0.4, -0.2) is 24.1 Å². The lowest BCUT2D eigenvalue weighted by Crippen LogP contribution is -2.18. The topological polar surface area (TPSA) is 60.5 Å². The number of ether oxygens (including phenoxy) is 2. The summed E-state index contributed by atoms with van der Waals surface area (Å²) >= 11 is 5.09. The van der Waals surface area contributed by atoms with Crippen LogP contribution in [0.15, 0.2) is 46.3 Å². The standard InChI is InChI=1S/C25H27BrN2O3S/c1-15-4-9-23(31-13-18-5-7-19(26)11-16(18)2)21(10-15)22-14-32-25(28-22)27-20-8-6-17(12-20)24(29)30-3/h4-5,7,9-11,14,17,20H,6,8,12-13H2,1-3H3,(H,27,28). The first kappa shape index (κ1) is 22.8. The van der Waals surface area contributed by atoms with Crippen LogP contribution in [0, 0.1) is 19.8 Å². The fraction of sp³-hybridized carbons (Fsp3) is 0.360. The van der Waals surface area contributed by atoms with Gasteiger partial charge in [0.1, 0.15) is 12.4 Å². The van der Waals surface area contributed by atoms with Crippen molar-refractivity contribution in [2.45, 2.75) is 45.8 Å². The Labute approximate surface area is 201 Å². The van der Waals surface area contributed by atoms with Gasteiger partial charge in [-0.05, 0) is 68.5 Å². The number of carbonyl (C=O) groups excluding carboxylic acids is 1. The molecule has 1 fully saturated rings. The van der Waals surface area contributed by atoms with Gasteiger partial charge >= 0.3 is 5.97 Å². The van der Waals surface area contributed by atoms with Crippen molar-refractivity contribution in [3.05, 3.63) is 62.9 Å². The van der Waals surface area contributed by atoms with Gasteiger partial charge in [0.05, 0.1) is 18.7 Å². The van der Waals surface area contributed by atoms with E-state index in [1.54, 1.807) is 11.3 Å². The van der Waals surface area contributed by atoms with Crippen LogP contribution in [0.25, 0.3) is 11.3 Å². The molecule has 0 bridgehead atoms. The van der Waals surface area contributed by atoms with E-state index in [4.69, 9.17) is 14.5 Å². The molecular weight excluding hydrogens is 488 g/mol. The normalized spacial score (nSPS) is 17.9. The predicted molar refractivity (Wildman–Crippen MR) is 132 cm³/mol. The molecule has 1 heterocycles. The highest BCUT2D eigenvalue weighted by Crippen LogP contribution is 2.35. The third-order valence-electron chi connectivity index (χ3n) is 5.90. The van der Waals surface area contributed by atoms with Gasteiger partial charge in [-0.15, -0.1) is 11.3 Å². The molecule has 2 unspecified atom stereocenters. The van der Waals surface area contributed by atoms with Gasteiger partial charge in [-0.1, -0.05) is 33.6 Å². The van der Waals surface area contributed by atoms with Crippen LogP contribution in [0.4, 0.5) is 5.13 Å². The molecule has 0 amide bonds. The van der Waals surface area contributed by atoms with Gasteiger partial charge in [-0.2, -0.15) is 0 Å². The number of anilines is 1. The van der Waals surface area contributed by atoms with Crippen LogP contribution < -0.4 is 10.1 Å². The number of nitrogens with one attached hydrogen (secondary N) is 1. The molecule has 168 valence electrons. The number of rotatable bonds is 7. The second-order valence-corrected chi connectivity index (χ2v) is 10.0. The maximum Gasteiger partial charge on any atom is 0.308 e. The molecule has 1 aliphatic rings. The van der Waals surface area contributed by atoms with Gasteiger partial charge in [-0.25, -0.2) is 4.98 Å². The summed E-state index contributed by atoms with van der Waals surface area (Å²) in [5.74, 6) is 0.689. The highest BCUT2D eigenvalue weighted by atomic mass is 79.9. The van der Waals surface area contributed by atoms with Gasteiger partial charge in [0, 0.05) is 21.5 Å². The zero-order valence-electron chi connectivity index (χ0n) is 18.5. The molecule has 0 spiro atoms.